The molecule has 0 fully saturated rings. The zero-order valence-corrected chi connectivity index (χ0v) is 18.1. The minimum absolute atomic E-state index is 0.229. The van der Waals surface area contributed by atoms with E-state index in [0.29, 0.717) is 21.9 Å². The van der Waals surface area contributed by atoms with E-state index in [-0.39, 0.29) is 11.4 Å². The molecule has 0 saturated carbocycles. The van der Waals surface area contributed by atoms with Crippen molar-refractivity contribution < 1.29 is 9.18 Å². The van der Waals surface area contributed by atoms with Crippen LogP contribution in [0.15, 0.2) is 85.1 Å². The Kier molecular flexibility index (Phi) is 5.25. The van der Waals surface area contributed by atoms with Gasteiger partial charge in [-0.05, 0) is 36.8 Å². The van der Waals surface area contributed by atoms with Crippen molar-refractivity contribution in [2.45, 2.75) is 13.5 Å². The van der Waals surface area contributed by atoms with Crippen molar-refractivity contribution >= 4 is 32.6 Å². The van der Waals surface area contributed by atoms with E-state index in [1.165, 1.54) is 17.4 Å². The third kappa shape index (κ3) is 3.67. The molecule has 0 aliphatic rings. The number of anilines is 1. The number of thiazole rings is 1. The molecule has 0 radical (unpaired) electrons. The second kappa shape index (κ2) is 8.36. The molecule has 5 nitrogen and oxygen atoms in total. The van der Waals surface area contributed by atoms with Crippen LogP contribution in [0.2, 0.25) is 0 Å². The van der Waals surface area contributed by atoms with Gasteiger partial charge < -0.3 is 0 Å². The van der Waals surface area contributed by atoms with Crippen LogP contribution >= 0.6 is 11.3 Å². The molecule has 158 valence electrons. The maximum Gasteiger partial charge on any atom is 0.263 e. The van der Waals surface area contributed by atoms with Crippen LogP contribution in [-0.4, -0.2) is 20.7 Å². The molecule has 0 bridgehead atoms. The van der Waals surface area contributed by atoms with E-state index >= 15 is 0 Å². The highest BCUT2D eigenvalue weighted by atomic mass is 32.1. The van der Waals surface area contributed by atoms with Crippen LogP contribution in [0.5, 0.6) is 0 Å². The molecule has 3 aromatic carbocycles. The van der Waals surface area contributed by atoms with E-state index in [9.17, 15) is 9.18 Å². The largest absolute Gasteiger partial charge is 0.279 e. The van der Waals surface area contributed by atoms with E-state index in [1.54, 1.807) is 21.8 Å². The van der Waals surface area contributed by atoms with Gasteiger partial charge in [0.2, 0.25) is 0 Å². The number of aromatic nitrogens is 3. The van der Waals surface area contributed by atoms with Gasteiger partial charge in [0, 0.05) is 0 Å². The number of halogens is 1. The van der Waals surface area contributed by atoms with Crippen LogP contribution in [-0.2, 0) is 6.54 Å². The Hall–Kier alpha value is -3.84. The summed E-state index contributed by atoms with van der Waals surface area (Å²) < 4.78 is 16.7. The van der Waals surface area contributed by atoms with Crippen LogP contribution in [0.4, 0.5) is 9.52 Å². The van der Waals surface area contributed by atoms with Crippen LogP contribution in [0.1, 0.15) is 21.6 Å². The van der Waals surface area contributed by atoms with E-state index in [2.05, 4.69) is 10.1 Å². The fourth-order valence-corrected chi connectivity index (χ4v) is 4.58. The monoisotopic (exact) mass is 442 g/mol. The lowest BCUT2D eigenvalue weighted by Crippen LogP contribution is -2.30. The highest BCUT2D eigenvalue weighted by Gasteiger charge is 2.26. The van der Waals surface area contributed by atoms with Crippen molar-refractivity contribution in [1.82, 2.24) is 14.8 Å². The Morgan fingerprint density at radius 3 is 2.44 bits per heavy atom. The molecular weight excluding hydrogens is 423 g/mol. The number of amides is 1. The molecule has 32 heavy (non-hydrogen) atoms. The zero-order chi connectivity index (χ0) is 22.1. The van der Waals surface area contributed by atoms with Crippen molar-refractivity contribution in [1.29, 1.82) is 0 Å². The molecule has 0 atom stereocenters. The number of carbonyl (C=O) groups is 1. The van der Waals surface area contributed by atoms with Crippen LogP contribution in [0.3, 0.4) is 0 Å². The first kappa shape index (κ1) is 20.1. The highest BCUT2D eigenvalue weighted by molar-refractivity contribution is 7.22. The van der Waals surface area contributed by atoms with Gasteiger partial charge in [-0.1, -0.05) is 65.9 Å². The van der Waals surface area contributed by atoms with Gasteiger partial charge in [0.15, 0.2) is 5.13 Å². The standard InChI is InChI=1S/C25H19FN4OS/c1-17-20(15-27-30(17)19-11-6-3-7-12-19)24(31)29(16-18-9-4-2-5-10-18)25-28-23-21(26)13-8-14-22(23)32-25/h2-15H,16H2,1H3. The first-order valence-corrected chi connectivity index (χ1v) is 10.9. The molecule has 0 saturated heterocycles. The highest BCUT2D eigenvalue weighted by Crippen LogP contribution is 2.32. The fraction of sp³-hybridized carbons (Fsp3) is 0.0800. The van der Waals surface area contributed by atoms with Crippen LogP contribution in [0.25, 0.3) is 15.9 Å². The number of para-hydroxylation sites is 2. The summed E-state index contributed by atoms with van der Waals surface area (Å²) in [5.41, 5.74) is 3.31. The molecule has 0 N–H and O–H groups in total. The second-order valence-electron chi connectivity index (χ2n) is 7.35. The lowest BCUT2D eigenvalue weighted by molar-refractivity contribution is 0.0984. The minimum atomic E-state index is -0.398. The summed E-state index contributed by atoms with van der Waals surface area (Å²) in [4.78, 5) is 19.8. The Labute approximate surface area is 188 Å². The lowest BCUT2D eigenvalue weighted by atomic mass is 10.2. The molecule has 0 aliphatic carbocycles. The third-order valence-electron chi connectivity index (χ3n) is 5.26. The summed E-state index contributed by atoms with van der Waals surface area (Å²) >= 11 is 1.30. The first-order chi connectivity index (χ1) is 15.6. The van der Waals surface area contributed by atoms with Gasteiger partial charge in [0.05, 0.1) is 34.4 Å². The molecule has 1 amide bonds. The van der Waals surface area contributed by atoms with Gasteiger partial charge in [0.1, 0.15) is 11.3 Å². The number of fused-ring (bicyclic) bond motifs is 1. The normalized spacial score (nSPS) is 11.1. The molecule has 5 rings (SSSR count). The quantitative estimate of drug-likeness (QED) is 0.347. The van der Waals surface area contributed by atoms with Crippen molar-refractivity contribution in [2.75, 3.05) is 4.90 Å². The van der Waals surface area contributed by atoms with Crippen molar-refractivity contribution in [3.05, 3.63) is 108 Å². The molecule has 2 heterocycles. The van der Waals surface area contributed by atoms with Gasteiger partial charge >= 0.3 is 0 Å². The van der Waals surface area contributed by atoms with Crippen LogP contribution in [0, 0.1) is 12.7 Å². The summed E-state index contributed by atoms with van der Waals surface area (Å²) in [5.74, 6) is -0.627. The maximum absolute atomic E-state index is 14.3. The van der Waals surface area contributed by atoms with Crippen molar-refractivity contribution in [3.63, 3.8) is 0 Å². The van der Waals surface area contributed by atoms with Gasteiger partial charge in [-0.25, -0.2) is 14.1 Å². The van der Waals surface area contributed by atoms with E-state index in [0.717, 1.165) is 16.9 Å². The van der Waals surface area contributed by atoms with E-state index < -0.39 is 5.82 Å². The van der Waals surface area contributed by atoms with Gasteiger partial charge in [-0.15, -0.1) is 0 Å². The van der Waals surface area contributed by atoms with Gasteiger partial charge in [0.25, 0.3) is 5.91 Å². The van der Waals surface area contributed by atoms with Crippen LogP contribution < -0.4 is 4.90 Å². The summed E-state index contributed by atoms with van der Waals surface area (Å²) in [6, 6.07) is 24.2. The lowest BCUT2D eigenvalue weighted by Gasteiger charge is -2.20. The van der Waals surface area contributed by atoms with E-state index in [1.807, 2.05) is 73.7 Å². The number of rotatable bonds is 5. The Balaban J connectivity index is 1.58. The summed E-state index contributed by atoms with van der Waals surface area (Å²) in [6.45, 7) is 2.18. The van der Waals surface area contributed by atoms with Gasteiger partial charge in [-0.3, -0.25) is 9.69 Å². The number of carbonyl (C=O) groups excluding carboxylic acids is 1. The zero-order valence-electron chi connectivity index (χ0n) is 17.3. The summed E-state index contributed by atoms with van der Waals surface area (Å²) in [5, 5.41) is 4.89. The number of hydrogen-bond donors (Lipinski definition) is 0. The molecule has 5 aromatic rings. The topological polar surface area (TPSA) is 51.0 Å². The van der Waals surface area contributed by atoms with Gasteiger partial charge in [-0.2, -0.15) is 5.10 Å². The summed E-state index contributed by atoms with van der Waals surface area (Å²) in [6.07, 6.45) is 1.58. The number of benzene rings is 3. The molecule has 0 unspecified atom stereocenters. The predicted molar refractivity (Wildman–Crippen MR) is 125 cm³/mol. The molecule has 7 heteroatoms. The number of nitrogens with zero attached hydrogens (tertiary/aromatic N) is 4. The average Bonchev–Trinajstić information content (AvgIpc) is 3.43. The van der Waals surface area contributed by atoms with Crippen molar-refractivity contribution in [2.24, 2.45) is 0 Å². The average molecular weight is 443 g/mol. The smallest absolute Gasteiger partial charge is 0.263 e. The minimum Gasteiger partial charge on any atom is -0.279 e. The Morgan fingerprint density at radius 2 is 1.72 bits per heavy atom. The summed E-state index contributed by atoms with van der Waals surface area (Å²) in [7, 11) is 0. The fourth-order valence-electron chi connectivity index (χ4n) is 3.61. The molecular formula is C25H19FN4OS. The SMILES string of the molecule is Cc1c(C(=O)N(Cc2ccccc2)c2nc3c(F)cccc3s2)cnn1-c1ccccc1. The number of hydrogen-bond acceptors (Lipinski definition) is 4. The molecule has 2 aromatic heterocycles. The molecule has 0 aliphatic heterocycles. The predicted octanol–water partition coefficient (Wildman–Crippen LogP) is 5.78. The Bertz CT molecular complexity index is 1400. The maximum atomic E-state index is 14.3. The second-order valence-corrected chi connectivity index (χ2v) is 8.36. The first-order valence-electron chi connectivity index (χ1n) is 10.1. The van der Waals surface area contributed by atoms with E-state index in [4.69, 9.17) is 0 Å². The molecule has 0 spiro atoms. The van der Waals surface area contributed by atoms with Crippen molar-refractivity contribution in [3.8, 4) is 5.69 Å². The third-order valence-corrected chi connectivity index (χ3v) is 6.30. The Morgan fingerprint density at radius 1 is 1.00 bits per heavy atom.